The van der Waals surface area contributed by atoms with Crippen LogP contribution in [0.15, 0.2) is 66.5 Å². The highest BCUT2D eigenvalue weighted by atomic mass is 19.1. The molecule has 0 bridgehead atoms. The van der Waals surface area contributed by atoms with Crippen LogP contribution < -0.4 is 10.5 Å². The highest BCUT2D eigenvalue weighted by molar-refractivity contribution is 6.09. The largest absolute Gasteiger partial charge is 0.482 e. The summed E-state index contributed by atoms with van der Waals surface area (Å²) < 4.78 is 21.4. The number of carbonyl (C=O) groups is 2. The smallest absolute Gasteiger partial charge is 0.269 e. The molecule has 1 aromatic heterocycles. The predicted octanol–water partition coefficient (Wildman–Crippen LogP) is 3.16. The fourth-order valence-electron chi connectivity index (χ4n) is 4.63. The summed E-state index contributed by atoms with van der Waals surface area (Å²) in [4.78, 5) is 26.9. The van der Waals surface area contributed by atoms with Crippen molar-refractivity contribution >= 4 is 11.7 Å². The van der Waals surface area contributed by atoms with Crippen molar-refractivity contribution in [3.05, 3.63) is 83.4 Å². The Morgan fingerprint density at radius 3 is 2.55 bits per heavy atom. The lowest BCUT2D eigenvalue weighted by molar-refractivity contribution is -0.131. The summed E-state index contributed by atoms with van der Waals surface area (Å²) >= 11 is 0. The number of aromatic nitrogens is 2. The zero-order valence-electron chi connectivity index (χ0n) is 18.1. The van der Waals surface area contributed by atoms with E-state index < -0.39 is 23.1 Å². The second-order valence-corrected chi connectivity index (χ2v) is 8.39. The van der Waals surface area contributed by atoms with Crippen LogP contribution in [-0.4, -0.2) is 39.5 Å². The van der Waals surface area contributed by atoms with Gasteiger partial charge in [-0.2, -0.15) is 5.10 Å². The molecule has 1 spiro atoms. The molecular formula is C25H23FN4O3. The highest BCUT2D eigenvalue weighted by Crippen LogP contribution is 2.49. The average Bonchev–Trinajstić information content (AvgIpc) is 3.22. The van der Waals surface area contributed by atoms with Crippen molar-refractivity contribution in [3.63, 3.8) is 0 Å². The van der Waals surface area contributed by atoms with Crippen molar-refractivity contribution in [3.8, 4) is 17.0 Å². The molecule has 1 fully saturated rings. The van der Waals surface area contributed by atoms with Gasteiger partial charge < -0.3 is 15.4 Å². The Bertz CT molecular complexity index is 1270. The Labute approximate surface area is 190 Å². The van der Waals surface area contributed by atoms with E-state index in [0.29, 0.717) is 25.9 Å². The normalized spacial score (nSPS) is 16.7. The molecule has 1 saturated heterocycles. The number of hydrogen-bond donors (Lipinski definition) is 1. The van der Waals surface area contributed by atoms with Gasteiger partial charge in [-0.1, -0.05) is 12.1 Å². The summed E-state index contributed by atoms with van der Waals surface area (Å²) in [5.41, 5.74) is 8.56. The summed E-state index contributed by atoms with van der Waals surface area (Å²) in [6.45, 7) is 0.850. The maximum Gasteiger partial charge on any atom is 0.269 e. The van der Waals surface area contributed by atoms with E-state index in [1.165, 1.54) is 24.3 Å². The van der Waals surface area contributed by atoms with E-state index in [-0.39, 0.29) is 11.3 Å². The molecule has 1 amide bonds. The summed E-state index contributed by atoms with van der Waals surface area (Å²) in [7, 11) is 1.91. The van der Waals surface area contributed by atoms with Crippen LogP contribution in [0.4, 0.5) is 4.39 Å². The molecule has 2 aromatic carbocycles. The van der Waals surface area contributed by atoms with E-state index in [1.807, 2.05) is 42.2 Å². The molecule has 3 heterocycles. The molecule has 0 atom stereocenters. The summed E-state index contributed by atoms with van der Waals surface area (Å²) in [5, 5.41) is 4.46. The molecule has 2 aliphatic rings. The molecule has 33 heavy (non-hydrogen) atoms. The van der Waals surface area contributed by atoms with Crippen LogP contribution in [0.5, 0.6) is 5.75 Å². The molecule has 0 aliphatic carbocycles. The monoisotopic (exact) mass is 446 g/mol. The summed E-state index contributed by atoms with van der Waals surface area (Å²) in [6, 6.07) is 13.0. The van der Waals surface area contributed by atoms with Gasteiger partial charge in [-0.05, 0) is 36.4 Å². The summed E-state index contributed by atoms with van der Waals surface area (Å²) in [6.07, 6.45) is 4.10. The number of likely N-dealkylation sites (tertiary alicyclic amines) is 1. The lowest BCUT2D eigenvalue weighted by Crippen LogP contribution is -2.49. The second kappa shape index (κ2) is 7.88. The van der Waals surface area contributed by atoms with E-state index >= 15 is 0 Å². The number of allylic oxidation sites excluding steroid dienone is 1. The first-order valence-corrected chi connectivity index (χ1v) is 10.8. The Morgan fingerprint density at radius 1 is 1.12 bits per heavy atom. The van der Waals surface area contributed by atoms with Gasteiger partial charge in [0.2, 0.25) is 0 Å². The number of ether oxygens (including phenoxy) is 1. The van der Waals surface area contributed by atoms with Crippen molar-refractivity contribution in [2.75, 3.05) is 13.1 Å². The van der Waals surface area contributed by atoms with Gasteiger partial charge in [0, 0.05) is 55.7 Å². The van der Waals surface area contributed by atoms with Crippen molar-refractivity contribution in [2.45, 2.75) is 18.4 Å². The minimum Gasteiger partial charge on any atom is -0.482 e. The third kappa shape index (κ3) is 3.57. The first-order valence-electron chi connectivity index (χ1n) is 10.8. The second-order valence-electron chi connectivity index (χ2n) is 8.39. The van der Waals surface area contributed by atoms with Crippen LogP contribution in [0.3, 0.4) is 0 Å². The topological polar surface area (TPSA) is 90.4 Å². The third-order valence-electron chi connectivity index (χ3n) is 6.40. The predicted molar refractivity (Wildman–Crippen MR) is 120 cm³/mol. The minimum absolute atomic E-state index is 0.141. The zero-order chi connectivity index (χ0) is 23.2. The number of nitrogens with two attached hydrogens (primary N) is 1. The molecule has 7 nitrogen and oxygen atoms in total. The van der Waals surface area contributed by atoms with Gasteiger partial charge in [-0.15, -0.1) is 0 Å². The number of fused-ring (bicyclic) bond motifs is 4. The highest BCUT2D eigenvalue weighted by Gasteiger charge is 2.45. The number of halogens is 1. The number of amides is 1. The van der Waals surface area contributed by atoms with E-state index in [4.69, 9.17) is 10.5 Å². The van der Waals surface area contributed by atoms with Crippen LogP contribution in [0.25, 0.3) is 11.3 Å². The van der Waals surface area contributed by atoms with Crippen molar-refractivity contribution in [1.29, 1.82) is 0 Å². The van der Waals surface area contributed by atoms with Crippen LogP contribution in [0.2, 0.25) is 0 Å². The van der Waals surface area contributed by atoms with Gasteiger partial charge >= 0.3 is 0 Å². The van der Waals surface area contributed by atoms with Crippen LogP contribution in [-0.2, 0) is 17.4 Å². The van der Waals surface area contributed by atoms with Crippen molar-refractivity contribution < 1.29 is 18.7 Å². The molecule has 2 N–H and O–H groups in total. The molecule has 0 radical (unpaired) electrons. The number of benzene rings is 2. The number of carbonyl (C=O) groups excluding carboxylic acids is 2. The zero-order valence-corrected chi connectivity index (χ0v) is 18.1. The molecule has 0 saturated carbocycles. The van der Waals surface area contributed by atoms with Gasteiger partial charge in [0.1, 0.15) is 22.9 Å². The van der Waals surface area contributed by atoms with Crippen LogP contribution in [0, 0.1) is 5.82 Å². The fourth-order valence-corrected chi connectivity index (χ4v) is 4.63. The number of hydrogen-bond acceptors (Lipinski definition) is 5. The molecular weight excluding hydrogens is 423 g/mol. The molecule has 3 aromatic rings. The standard InChI is InChI=1S/C25H23FN4O3/c1-29-23-18-4-2-3-5-22(18)33-25(19(23)15-28-29)10-12-30(13-11-25)24(32)20(27)14-21(31)16-6-8-17(26)9-7-16/h2-9,14-15H,10-13,27H2,1H3. The number of aryl methyl sites for hydroxylation is 1. The van der Waals surface area contributed by atoms with Gasteiger partial charge in [0.05, 0.1) is 11.9 Å². The number of nitrogens with zero attached hydrogens (tertiary/aromatic N) is 3. The molecule has 5 rings (SSSR count). The molecule has 0 unspecified atom stereocenters. The fraction of sp³-hybridized carbons (Fsp3) is 0.240. The Morgan fingerprint density at radius 2 is 1.82 bits per heavy atom. The van der Waals surface area contributed by atoms with E-state index in [2.05, 4.69) is 5.10 Å². The Balaban J connectivity index is 1.33. The average molecular weight is 446 g/mol. The number of rotatable bonds is 3. The first kappa shape index (κ1) is 20.9. The molecule has 2 aliphatic heterocycles. The molecule has 168 valence electrons. The van der Waals surface area contributed by atoms with E-state index in [0.717, 1.165) is 28.6 Å². The summed E-state index contributed by atoms with van der Waals surface area (Å²) in [5.74, 6) is -0.478. The van der Waals surface area contributed by atoms with Crippen LogP contribution in [0.1, 0.15) is 28.8 Å². The quantitative estimate of drug-likeness (QED) is 0.493. The van der Waals surface area contributed by atoms with Crippen LogP contribution >= 0.6 is 0 Å². The lowest BCUT2D eigenvalue weighted by atomic mass is 9.81. The first-order chi connectivity index (χ1) is 15.9. The SMILES string of the molecule is Cn1ncc2c1-c1ccccc1OC21CCN(C(=O)C(N)=CC(=O)c2ccc(F)cc2)CC1. The number of piperidine rings is 1. The minimum atomic E-state index is -0.572. The van der Waals surface area contributed by atoms with Gasteiger partial charge in [-0.3, -0.25) is 14.3 Å². The van der Waals surface area contributed by atoms with Crippen molar-refractivity contribution in [2.24, 2.45) is 12.8 Å². The Hall–Kier alpha value is -3.94. The van der Waals surface area contributed by atoms with E-state index in [9.17, 15) is 14.0 Å². The van der Waals surface area contributed by atoms with Crippen molar-refractivity contribution in [1.82, 2.24) is 14.7 Å². The number of para-hydroxylation sites is 1. The molecule has 8 heteroatoms. The van der Waals surface area contributed by atoms with Gasteiger partial charge in [0.25, 0.3) is 5.91 Å². The maximum absolute atomic E-state index is 13.1. The number of ketones is 1. The third-order valence-corrected chi connectivity index (χ3v) is 6.40. The maximum atomic E-state index is 13.1. The van der Waals surface area contributed by atoms with Gasteiger partial charge in [0.15, 0.2) is 5.78 Å². The Kier molecular flexibility index (Phi) is 5.00. The lowest BCUT2D eigenvalue weighted by Gasteiger charge is -2.44. The van der Waals surface area contributed by atoms with E-state index in [1.54, 1.807) is 4.90 Å². The van der Waals surface area contributed by atoms with Gasteiger partial charge in [-0.25, -0.2) is 4.39 Å².